The summed E-state index contributed by atoms with van der Waals surface area (Å²) < 4.78 is 8.73. The Balaban J connectivity index is 1.66. The second-order valence-electron chi connectivity index (χ2n) is 7.81. The van der Waals surface area contributed by atoms with Gasteiger partial charge < -0.3 is 4.74 Å². The van der Waals surface area contributed by atoms with Crippen LogP contribution < -0.4 is 10.4 Å². The predicted octanol–water partition coefficient (Wildman–Crippen LogP) is 3.84. The molecule has 0 bridgehead atoms. The molecule has 0 spiro atoms. The second-order valence-corrected chi connectivity index (χ2v) is 7.81. The number of aromatic nitrogens is 5. The van der Waals surface area contributed by atoms with Gasteiger partial charge in [0.2, 0.25) is 0 Å². The molecule has 0 atom stereocenters. The standard InChI is InChI=1S/C24H25N5O2/c1-15-9-10-25-21(11-15)19-12-18(4)23(13-17(19)3)31-14-20-16(2)7-6-8-22(20)29-24(30)28(5)26-27-29/h6-13H,14H2,1-5H3. The highest BCUT2D eigenvalue weighted by atomic mass is 16.5. The topological polar surface area (TPSA) is 74.8 Å². The van der Waals surface area contributed by atoms with Crippen molar-refractivity contribution in [3.8, 4) is 22.7 Å². The first kappa shape index (κ1) is 20.5. The third-order valence-corrected chi connectivity index (χ3v) is 5.42. The average Bonchev–Trinajstić information content (AvgIpc) is 3.07. The molecule has 31 heavy (non-hydrogen) atoms. The smallest absolute Gasteiger partial charge is 0.368 e. The van der Waals surface area contributed by atoms with Crippen molar-refractivity contribution in [1.82, 2.24) is 24.8 Å². The number of nitrogens with zero attached hydrogens (tertiary/aromatic N) is 5. The van der Waals surface area contributed by atoms with Crippen LogP contribution in [0.15, 0.2) is 53.5 Å². The zero-order valence-electron chi connectivity index (χ0n) is 18.4. The monoisotopic (exact) mass is 415 g/mol. The molecule has 7 heteroatoms. The fourth-order valence-corrected chi connectivity index (χ4v) is 3.59. The van der Waals surface area contributed by atoms with E-state index in [0.29, 0.717) is 12.3 Å². The van der Waals surface area contributed by atoms with Gasteiger partial charge in [0.25, 0.3) is 0 Å². The zero-order chi connectivity index (χ0) is 22.1. The van der Waals surface area contributed by atoms with Crippen molar-refractivity contribution in [3.63, 3.8) is 0 Å². The van der Waals surface area contributed by atoms with Crippen LogP contribution >= 0.6 is 0 Å². The summed E-state index contributed by atoms with van der Waals surface area (Å²) in [4.78, 5) is 16.9. The molecular weight excluding hydrogens is 390 g/mol. The number of hydrogen-bond acceptors (Lipinski definition) is 5. The zero-order valence-corrected chi connectivity index (χ0v) is 18.4. The largest absolute Gasteiger partial charge is 0.489 e. The Labute approximate surface area is 180 Å². The van der Waals surface area contributed by atoms with E-state index in [2.05, 4.69) is 41.4 Å². The summed E-state index contributed by atoms with van der Waals surface area (Å²) in [6, 6.07) is 14.0. The van der Waals surface area contributed by atoms with Crippen molar-refractivity contribution in [3.05, 3.63) is 87.0 Å². The average molecular weight is 415 g/mol. The maximum absolute atomic E-state index is 12.4. The lowest BCUT2D eigenvalue weighted by molar-refractivity contribution is 0.302. The Bertz CT molecular complexity index is 1320. The molecule has 4 rings (SSSR count). The molecule has 0 aliphatic carbocycles. The van der Waals surface area contributed by atoms with E-state index in [9.17, 15) is 4.79 Å². The number of hydrogen-bond donors (Lipinski definition) is 0. The number of benzene rings is 2. The molecule has 0 saturated carbocycles. The minimum absolute atomic E-state index is 0.297. The fraction of sp³-hybridized carbons (Fsp3) is 0.250. The molecule has 0 fully saturated rings. The summed E-state index contributed by atoms with van der Waals surface area (Å²) in [5.74, 6) is 0.801. The summed E-state index contributed by atoms with van der Waals surface area (Å²) in [6.45, 7) is 8.46. The number of tetrazole rings is 1. The Hall–Kier alpha value is -3.74. The van der Waals surface area contributed by atoms with E-state index in [1.165, 1.54) is 14.9 Å². The molecule has 2 heterocycles. The van der Waals surface area contributed by atoms with Crippen molar-refractivity contribution >= 4 is 0 Å². The van der Waals surface area contributed by atoms with Gasteiger partial charge in [-0.25, -0.2) is 4.79 Å². The van der Waals surface area contributed by atoms with Gasteiger partial charge in [-0.3, -0.25) is 4.98 Å². The Morgan fingerprint density at radius 2 is 1.74 bits per heavy atom. The Kier molecular flexibility index (Phi) is 5.42. The molecule has 0 saturated heterocycles. The third kappa shape index (κ3) is 3.99. The first-order valence-corrected chi connectivity index (χ1v) is 10.1. The van der Waals surface area contributed by atoms with E-state index in [4.69, 9.17) is 4.74 Å². The van der Waals surface area contributed by atoms with Crippen LogP contribution in [0.2, 0.25) is 0 Å². The Morgan fingerprint density at radius 3 is 2.45 bits per heavy atom. The summed E-state index contributed by atoms with van der Waals surface area (Å²) in [7, 11) is 1.58. The van der Waals surface area contributed by atoms with Crippen LogP contribution in [0.1, 0.15) is 27.8 Å². The van der Waals surface area contributed by atoms with E-state index >= 15 is 0 Å². The molecule has 0 radical (unpaired) electrons. The molecule has 0 amide bonds. The summed E-state index contributed by atoms with van der Waals surface area (Å²) in [6.07, 6.45) is 1.83. The molecule has 158 valence electrons. The first-order valence-electron chi connectivity index (χ1n) is 10.1. The normalized spacial score (nSPS) is 11.0. The minimum atomic E-state index is -0.297. The number of rotatable bonds is 5. The van der Waals surface area contributed by atoms with Gasteiger partial charge in [0, 0.05) is 24.4 Å². The predicted molar refractivity (Wildman–Crippen MR) is 120 cm³/mol. The van der Waals surface area contributed by atoms with E-state index in [0.717, 1.165) is 39.3 Å². The Morgan fingerprint density at radius 1 is 0.935 bits per heavy atom. The van der Waals surface area contributed by atoms with Crippen LogP contribution in [-0.4, -0.2) is 24.8 Å². The molecular formula is C24H25N5O2. The summed E-state index contributed by atoms with van der Waals surface area (Å²) >= 11 is 0. The lowest BCUT2D eigenvalue weighted by Crippen LogP contribution is -2.23. The van der Waals surface area contributed by atoms with Gasteiger partial charge in [0.05, 0.1) is 11.4 Å². The van der Waals surface area contributed by atoms with Crippen LogP contribution in [-0.2, 0) is 13.7 Å². The first-order chi connectivity index (χ1) is 14.8. The number of pyridine rings is 1. The lowest BCUT2D eigenvalue weighted by atomic mass is 10.0. The van der Waals surface area contributed by atoms with Gasteiger partial charge in [0.15, 0.2) is 0 Å². The second kappa shape index (κ2) is 8.18. The van der Waals surface area contributed by atoms with Gasteiger partial charge in [-0.05, 0) is 90.7 Å². The van der Waals surface area contributed by atoms with Crippen LogP contribution in [0.3, 0.4) is 0 Å². The van der Waals surface area contributed by atoms with Crippen LogP contribution in [0.5, 0.6) is 5.75 Å². The van der Waals surface area contributed by atoms with Gasteiger partial charge in [-0.1, -0.05) is 12.1 Å². The van der Waals surface area contributed by atoms with Gasteiger partial charge >= 0.3 is 5.69 Å². The summed E-state index contributed by atoms with van der Waals surface area (Å²) in [5, 5.41) is 7.80. The maximum Gasteiger partial charge on any atom is 0.368 e. The van der Waals surface area contributed by atoms with E-state index in [1.54, 1.807) is 7.05 Å². The van der Waals surface area contributed by atoms with E-state index in [1.807, 2.05) is 50.4 Å². The SMILES string of the molecule is Cc1ccnc(-c2cc(C)c(OCc3c(C)cccc3-n3nnn(C)c3=O)cc2C)c1. The van der Waals surface area contributed by atoms with Gasteiger partial charge in [-0.15, -0.1) is 0 Å². The van der Waals surface area contributed by atoms with Gasteiger partial charge in [-0.2, -0.15) is 9.36 Å². The van der Waals surface area contributed by atoms with E-state index in [-0.39, 0.29) is 5.69 Å². The molecule has 0 aliphatic heterocycles. The highest BCUT2D eigenvalue weighted by Gasteiger charge is 2.15. The fourth-order valence-electron chi connectivity index (χ4n) is 3.59. The molecule has 0 aliphatic rings. The van der Waals surface area contributed by atoms with Crippen molar-refractivity contribution in [2.75, 3.05) is 0 Å². The molecule has 2 aromatic carbocycles. The molecule has 4 aromatic rings. The highest BCUT2D eigenvalue weighted by Crippen LogP contribution is 2.30. The maximum atomic E-state index is 12.4. The third-order valence-electron chi connectivity index (χ3n) is 5.42. The molecule has 7 nitrogen and oxygen atoms in total. The minimum Gasteiger partial charge on any atom is -0.489 e. The van der Waals surface area contributed by atoms with Crippen LogP contribution in [0.4, 0.5) is 0 Å². The van der Waals surface area contributed by atoms with Crippen molar-refractivity contribution < 1.29 is 4.74 Å². The van der Waals surface area contributed by atoms with Crippen molar-refractivity contribution in [2.24, 2.45) is 7.05 Å². The quantitative estimate of drug-likeness (QED) is 0.495. The highest BCUT2D eigenvalue weighted by molar-refractivity contribution is 5.66. The molecule has 0 unspecified atom stereocenters. The van der Waals surface area contributed by atoms with Crippen molar-refractivity contribution in [2.45, 2.75) is 34.3 Å². The van der Waals surface area contributed by atoms with Crippen LogP contribution in [0.25, 0.3) is 16.9 Å². The van der Waals surface area contributed by atoms with Gasteiger partial charge in [0.1, 0.15) is 12.4 Å². The van der Waals surface area contributed by atoms with E-state index < -0.39 is 0 Å². The van der Waals surface area contributed by atoms with Crippen LogP contribution in [0, 0.1) is 27.7 Å². The molecule has 0 N–H and O–H groups in total. The molecule has 2 aromatic heterocycles. The lowest BCUT2D eigenvalue weighted by Gasteiger charge is -2.16. The number of ether oxygens (including phenoxy) is 1. The van der Waals surface area contributed by atoms with Crippen molar-refractivity contribution in [1.29, 1.82) is 0 Å². The number of aryl methyl sites for hydroxylation is 5. The summed E-state index contributed by atoms with van der Waals surface area (Å²) in [5.41, 5.74) is 7.63.